The molecule has 4 amide bonds. The van der Waals surface area contributed by atoms with Crippen molar-refractivity contribution in [3.63, 3.8) is 0 Å². The number of methoxy groups -OCH3 is 1. The molecule has 2 aromatic rings. The fourth-order valence-corrected chi connectivity index (χ4v) is 5.92. The number of thiazole rings is 1. The predicted molar refractivity (Wildman–Crippen MR) is 94.3 cm³/mol. The summed E-state index contributed by atoms with van der Waals surface area (Å²) in [6.45, 7) is 0. The van der Waals surface area contributed by atoms with Crippen LogP contribution in [0.5, 0.6) is 5.75 Å². The SMILES string of the molecule is COc1ccc([C@@H]2c3sc(=O)[nH]c3S[C@H]3C(=O)N(C(N)=O)C(=O)[C@@H]23)cc1. The summed E-state index contributed by atoms with van der Waals surface area (Å²) in [6.07, 6.45) is 0. The van der Waals surface area contributed by atoms with Crippen LogP contribution in [0.1, 0.15) is 16.4 Å². The molecule has 0 unspecified atom stereocenters. The van der Waals surface area contributed by atoms with E-state index in [1.165, 1.54) is 0 Å². The van der Waals surface area contributed by atoms with Crippen LogP contribution >= 0.6 is 23.1 Å². The van der Waals surface area contributed by atoms with Gasteiger partial charge in [0.05, 0.1) is 18.1 Å². The number of aromatic nitrogens is 1. The number of carbonyl (C=O) groups is 3. The number of benzene rings is 1. The molecule has 4 rings (SSSR count). The van der Waals surface area contributed by atoms with E-state index in [0.29, 0.717) is 20.6 Å². The van der Waals surface area contributed by atoms with Crippen LogP contribution in [-0.4, -0.2) is 40.1 Å². The highest BCUT2D eigenvalue weighted by atomic mass is 32.2. The molecule has 0 saturated carbocycles. The number of likely N-dealkylation sites (tertiary alicyclic amines) is 1. The van der Waals surface area contributed by atoms with Gasteiger partial charge < -0.3 is 15.5 Å². The molecule has 0 bridgehead atoms. The number of primary amides is 1. The molecule has 10 heteroatoms. The van der Waals surface area contributed by atoms with Crippen molar-refractivity contribution in [2.24, 2.45) is 11.7 Å². The normalized spacial score (nSPS) is 24.3. The van der Waals surface area contributed by atoms with Crippen molar-refractivity contribution in [1.82, 2.24) is 9.88 Å². The summed E-state index contributed by atoms with van der Waals surface area (Å²) in [5, 5.41) is -0.255. The number of hydrogen-bond donors (Lipinski definition) is 2. The van der Waals surface area contributed by atoms with Gasteiger partial charge in [0.2, 0.25) is 5.91 Å². The number of carbonyl (C=O) groups excluding carboxylic acids is 3. The zero-order valence-corrected chi connectivity index (χ0v) is 15.1. The summed E-state index contributed by atoms with van der Waals surface area (Å²) in [4.78, 5) is 52.4. The van der Waals surface area contributed by atoms with Gasteiger partial charge in [0.1, 0.15) is 11.0 Å². The number of hydrogen-bond acceptors (Lipinski definition) is 7. The van der Waals surface area contributed by atoms with E-state index < -0.39 is 34.9 Å². The molecule has 1 fully saturated rings. The van der Waals surface area contributed by atoms with Gasteiger partial charge in [0, 0.05) is 10.8 Å². The Hall–Kier alpha value is -2.59. The minimum absolute atomic E-state index is 0.257. The molecular formula is C16H13N3O5S2. The maximum Gasteiger partial charge on any atom is 0.328 e. The number of nitrogens with two attached hydrogens (primary N) is 1. The molecule has 3 N–H and O–H groups in total. The fourth-order valence-electron chi connectivity index (χ4n) is 3.40. The number of fused-ring (bicyclic) bond motifs is 2. The molecule has 26 heavy (non-hydrogen) atoms. The number of nitrogens with zero attached hydrogens (tertiary/aromatic N) is 1. The highest BCUT2D eigenvalue weighted by molar-refractivity contribution is 8.00. The summed E-state index contributed by atoms with van der Waals surface area (Å²) in [5.74, 6) is -1.95. The first kappa shape index (κ1) is 16.9. The number of amides is 4. The average molecular weight is 391 g/mol. The smallest absolute Gasteiger partial charge is 0.328 e. The highest BCUT2D eigenvalue weighted by Crippen LogP contribution is 2.52. The maximum atomic E-state index is 12.8. The standard InChI is InChI=1S/C16H13N3O5S2/c1-24-7-4-2-6(3-5-7)8-9-11(14(21)19(13(9)20)15(17)22)25-12-10(8)26-16(23)18-12/h2-5,8-9,11H,1H3,(H2,17,22)(H,18,23)/t8-,9-,11+/m0/s1. The fraction of sp³-hybridized carbons (Fsp3) is 0.250. The van der Waals surface area contributed by atoms with E-state index in [2.05, 4.69) is 4.98 Å². The molecular weight excluding hydrogens is 378 g/mol. The lowest BCUT2D eigenvalue weighted by Gasteiger charge is -2.29. The Morgan fingerprint density at radius 2 is 1.88 bits per heavy atom. The maximum absolute atomic E-state index is 12.8. The van der Waals surface area contributed by atoms with Crippen molar-refractivity contribution in [2.75, 3.05) is 7.11 Å². The number of urea groups is 1. The molecule has 0 aliphatic carbocycles. The zero-order valence-electron chi connectivity index (χ0n) is 13.4. The van der Waals surface area contributed by atoms with Crippen LogP contribution in [0.15, 0.2) is 34.1 Å². The molecule has 1 aromatic heterocycles. The largest absolute Gasteiger partial charge is 0.497 e. The molecule has 134 valence electrons. The third kappa shape index (κ3) is 2.36. The Balaban J connectivity index is 1.87. The average Bonchev–Trinajstić information content (AvgIpc) is 3.10. The van der Waals surface area contributed by atoms with Crippen LogP contribution < -0.4 is 15.3 Å². The molecule has 0 radical (unpaired) electrons. The molecule has 2 aliphatic heterocycles. The zero-order chi connectivity index (χ0) is 18.6. The van der Waals surface area contributed by atoms with E-state index in [0.717, 1.165) is 28.7 Å². The molecule has 0 spiro atoms. The quantitative estimate of drug-likeness (QED) is 0.740. The number of aromatic amines is 1. The molecule has 3 heterocycles. The summed E-state index contributed by atoms with van der Waals surface area (Å²) >= 11 is 2.10. The molecule has 1 saturated heterocycles. The number of H-pyrrole nitrogens is 1. The van der Waals surface area contributed by atoms with E-state index in [9.17, 15) is 19.2 Å². The van der Waals surface area contributed by atoms with Gasteiger partial charge in [-0.25, -0.2) is 4.79 Å². The Labute approximate surface area is 155 Å². The highest BCUT2D eigenvalue weighted by Gasteiger charge is 2.57. The van der Waals surface area contributed by atoms with Crippen molar-refractivity contribution < 1.29 is 19.1 Å². The topological polar surface area (TPSA) is 123 Å². The number of rotatable bonds is 2. The lowest BCUT2D eigenvalue weighted by molar-refractivity contribution is -0.135. The monoisotopic (exact) mass is 391 g/mol. The van der Waals surface area contributed by atoms with Crippen LogP contribution in [0, 0.1) is 5.92 Å². The van der Waals surface area contributed by atoms with Crippen LogP contribution in [0.25, 0.3) is 0 Å². The van der Waals surface area contributed by atoms with Gasteiger partial charge >= 0.3 is 10.9 Å². The minimum atomic E-state index is -1.08. The third-order valence-corrected chi connectivity index (χ3v) is 6.92. The molecule has 8 nitrogen and oxygen atoms in total. The minimum Gasteiger partial charge on any atom is -0.497 e. The Morgan fingerprint density at radius 1 is 1.19 bits per heavy atom. The van der Waals surface area contributed by atoms with Gasteiger partial charge in [0.25, 0.3) is 5.91 Å². The van der Waals surface area contributed by atoms with Crippen molar-refractivity contribution in [3.8, 4) is 5.75 Å². The number of thioether (sulfide) groups is 1. The summed E-state index contributed by atoms with van der Waals surface area (Å²) in [5.41, 5.74) is 5.98. The number of ether oxygens (including phenoxy) is 1. The number of imide groups is 3. The first-order valence-corrected chi connectivity index (χ1v) is 9.33. The van der Waals surface area contributed by atoms with Gasteiger partial charge in [-0.3, -0.25) is 14.4 Å². The van der Waals surface area contributed by atoms with E-state index in [1.807, 2.05) is 0 Å². The van der Waals surface area contributed by atoms with E-state index in [4.69, 9.17) is 10.5 Å². The second-order valence-corrected chi connectivity index (χ2v) is 8.04. The van der Waals surface area contributed by atoms with Crippen molar-refractivity contribution in [1.29, 1.82) is 0 Å². The lowest BCUT2D eigenvalue weighted by Crippen LogP contribution is -2.41. The predicted octanol–water partition coefficient (Wildman–Crippen LogP) is 1.11. The van der Waals surface area contributed by atoms with Crippen LogP contribution in [-0.2, 0) is 9.59 Å². The first-order valence-electron chi connectivity index (χ1n) is 7.63. The molecule has 1 aromatic carbocycles. The van der Waals surface area contributed by atoms with Crippen molar-refractivity contribution in [3.05, 3.63) is 44.4 Å². The molecule has 2 aliphatic rings. The Morgan fingerprint density at radius 3 is 2.50 bits per heavy atom. The second kappa shape index (κ2) is 5.99. The van der Waals surface area contributed by atoms with Gasteiger partial charge in [0.15, 0.2) is 0 Å². The van der Waals surface area contributed by atoms with Gasteiger partial charge in [-0.15, -0.1) is 0 Å². The van der Waals surface area contributed by atoms with E-state index in [-0.39, 0.29) is 4.87 Å². The Kier molecular flexibility index (Phi) is 3.88. The van der Waals surface area contributed by atoms with E-state index in [1.54, 1.807) is 31.4 Å². The van der Waals surface area contributed by atoms with Gasteiger partial charge in [-0.1, -0.05) is 35.2 Å². The first-order chi connectivity index (χ1) is 12.4. The lowest BCUT2D eigenvalue weighted by atomic mass is 9.83. The van der Waals surface area contributed by atoms with Crippen LogP contribution in [0.2, 0.25) is 0 Å². The summed E-state index contributed by atoms with van der Waals surface area (Å²) in [7, 11) is 1.54. The van der Waals surface area contributed by atoms with Crippen LogP contribution in [0.3, 0.4) is 0 Å². The van der Waals surface area contributed by atoms with Gasteiger partial charge in [-0.2, -0.15) is 4.90 Å². The summed E-state index contributed by atoms with van der Waals surface area (Å²) < 4.78 is 5.16. The van der Waals surface area contributed by atoms with Gasteiger partial charge in [-0.05, 0) is 17.7 Å². The summed E-state index contributed by atoms with van der Waals surface area (Å²) in [6, 6.07) is 5.98. The van der Waals surface area contributed by atoms with Crippen molar-refractivity contribution in [2.45, 2.75) is 16.2 Å². The van der Waals surface area contributed by atoms with Crippen LogP contribution in [0.4, 0.5) is 4.79 Å². The number of nitrogens with one attached hydrogen (secondary N) is 1. The van der Waals surface area contributed by atoms with E-state index >= 15 is 0 Å². The molecule has 3 atom stereocenters. The second-order valence-electron chi connectivity index (χ2n) is 5.87. The van der Waals surface area contributed by atoms with Crippen molar-refractivity contribution >= 4 is 40.9 Å². The third-order valence-electron chi connectivity index (χ3n) is 4.52. The Bertz CT molecular complexity index is 981.